The molecule has 1 atom stereocenters. The zero-order chi connectivity index (χ0) is 19.6. The van der Waals surface area contributed by atoms with Crippen LogP contribution in [0.25, 0.3) is 0 Å². The quantitative estimate of drug-likeness (QED) is 0.426. The number of anilines is 1. The maximum Gasteiger partial charge on any atom is 0.331 e. The number of benzene rings is 2. The van der Waals surface area contributed by atoms with E-state index >= 15 is 0 Å². The molecule has 0 spiro atoms. The third-order valence-electron chi connectivity index (χ3n) is 3.53. The van der Waals surface area contributed by atoms with Gasteiger partial charge in [0.1, 0.15) is 5.75 Å². The van der Waals surface area contributed by atoms with Crippen molar-refractivity contribution in [2.24, 2.45) is 0 Å². The maximum absolute atomic E-state index is 12.7. The van der Waals surface area contributed by atoms with Crippen molar-refractivity contribution in [1.82, 2.24) is 0 Å². The number of nitrogens with one attached hydrogen (secondary N) is 1. The Balaban J connectivity index is 2.20. The predicted molar refractivity (Wildman–Crippen MR) is 106 cm³/mol. The summed E-state index contributed by atoms with van der Waals surface area (Å²) in [6.45, 7) is 1.83. The van der Waals surface area contributed by atoms with Crippen LogP contribution in [-0.2, 0) is 14.3 Å². The zero-order valence-corrected chi connectivity index (χ0v) is 15.8. The Kier molecular flexibility index (Phi) is 7.64. The Morgan fingerprint density at radius 2 is 1.85 bits per heavy atom. The van der Waals surface area contributed by atoms with E-state index < -0.39 is 18.0 Å². The van der Waals surface area contributed by atoms with Crippen LogP contribution in [0.5, 0.6) is 5.75 Å². The second-order valence-corrected chi connectivity index (χ2v) is 5.86. The normalized spacial score (nSPS) is 12.1. The number of carbonyl (C=O) groups is 2. The van der Waals surface area contributed by atoms with Crippen LogP contribution in [0.15, 0.2) is 72.8 Å². The van der Waals surface area contributed by atoms with Gasteiger partial charge in [0, 0.05) is 17.3 Å². The summed E-state index contributed by atoms with van der Waals surface area (Å²) in [6.07, 6.45) is 5.17. The molecular formula is C21H20ClNO4. The third-order valence-corrected chi connectivity index (χ3v) is 3.83. The zero-order valence-electron chi connectivity index (χ0n) is 15.0. The molecule has 0 saturated carbocycles. The minimum Gasteiger partial charge on any atom is -0.495 e. The molecule has 0 unspecified atom stereocenters. The van der Waals surface area contributed by atoms with E-state index in [1.165, 1.54) is 13.2 Å². The standard InChI is InChI=1S/C21H20ClNO4/c1-3-4-6-11-19(24)27-20(15-9-7-5-8-10-15)21(25)23-16-12-13-18(26-2)17(22)14-16/h3-14,20H,1-2H3,(H,23,25)/b4-3+,11-6+/t20-/m0/s1. The first-order valence-electron chi connectivity index (χ1n) is 8.24. The molecular weight excluding hydrogens is 366 g/mol. The number of ether oxygens (including phenoxy) is 2. The van der Waals surface area contributed by atoms with Gasteiger partial charge in [0.2, 0.25) is 6.10 Å². The van der Waals surface area contributed by atoms with Crippen LogP contribution in [-0.4, -0.2) is 19.0 Å². The largest absolute Gasteiger partial charge is 0.495 e. The molecule has 27 heavy (non-hydrogen) atoms. The van der Waals surface area contributed by atoms with Crippen molar-refractivity contribution in [3.05, 3.63) is 83.4 Å². The van der Waals surface area contributed by atoms with Crippen molar-refractivity contribution in [3.63, 3.8) is 0 Å². The molecule has 5 nitrogen and oxygen atoms in total. The molecule has 0 aromatic heterocycles. The van der Waals surface area contributed by atoms with Gasteiger partial charge in [0.15, 0.2) is 0 Å². The smallest absolute Gasteiger partial charge is 0.331 e. The summed E-state index contributed by atoms with van der Waals surface area (Å²) in [5, 5.41) is 3.07. The number of amides is 1. The molecule has 2 aromatic rings. The highest BCUT2D eigenvalue weighted by atomic mass is 35.5. The number of halogens is 1. The Morgan fingerprint density at radius 3 is 2.48 bits per heavy atom. The highest BCUT2D eigenvalue weighted by Crippen LogP contribution is 2.28. The average molecular weight is 386 g/mol. The summed E-state index contributed by atoms with van der Waals surface area (Å²) < 4.78 is 10.5. The molecule has 0 aliphatic carbocycles. The molecule has 1 N–H and O–H groups in total. The molecule has 2 aromatic carbocycles. The SMILES string of the molecule is C/C=C/C=C/C(=O)O[C@H](C(=O)Nc1ccc(OC)c(Cl)c1)c1ccccc1. The molecule has 0 heterocycles. The van der Waals surface area contributed by atoms with E-state index in [9.17, 15) is 9.59 Å². The van der Waals surface area contributed by atoms with E-state index in [2.05, 4.69) is 5.32 Å². The minimum absolute atomic E-state index is 0.359. The average Bonchev–Trinajstić information content (AvgIpc) is 2.67. The Morgan fingerprint density at radius 1 is 1.11 bits per heavy atom. The van der Waals surface area contributed by atoms with Gasteiger partial charge in [-0.25, -0.2) is 4.79 Å². The molecule has 0 radical (unpaired) electrons. The van der Waals surface area contributed by atoms with E-state index in [1.54, 1.807) is 60.7 Å². The van der Waals surface area contributed by atoms with E-state index in [0.717, 1.165) is 0 Å². The van der Waals surface area contributed by atoms with Crippen molar-refractivity contribution in [3.8, 4) is 5.75 Å². The summed E-state index contributed by atoms with van der Waals surface area (Å²) in [7, 11) is 1.51. The summed E-state index contributed by atoms with van der Waals surface area (Å²) in [5.41, 5.74) is 1.02. The van der Waals surface area contributed by atoms with E-state index in [-0.39, 0.29) is 0 Å². The highest BCUT2D eigenvalue weighted by Gasteiger charge is 2.24. The molecule has 2 rings (SSSR count). The number of allylic oxidation sites excluding steroid dienone is 3. The molecule has 6 heteroatoms. The lowest BCUT2D eigenvalue weighted by atomic mass is 10.1. The van der Waals surface area contributed by atoms with Crippen LogP contribution in [0.1, 0.15) is 18.6 Å². The van der Waals surface area contributed by atoms with Crippen molar-refractivity contribution >= 4 is 29.2 Å². The first-order chi connectivity index (χ1) is 13.0. The fraction of sp³-hybridized carbons (Fsp3) is 0.143. The van der Waals surface area contributed by atoms with Crippen molar-refractivity contribution in [2.75, 3.05) is 12.4 Å². The molecule has 1 amide bonds. The van der Waals surface area contributed by atoms with Gasteiger partial charge in [-0.3, -0.25) is 4.79 Å². The molecule has 0 saturated heterocycles. The second-order valence-electron chi connectivity index (χ2n) is 5.45. The highest BCUT2D eigenvalue weighted by molar-refractivity contribution is 6.32. The van der Waals surface area contributed by atoms with E-state index in [0.29, 0.717) is 22.0 Å². The maximum atomic E-state index is 12.7. The van der Waals surface area contributed by atoms with Gasteiger partial charge in [-0.05, 0) is 25.1 Å². The van der Waals surface area contributed by atoms with Crippen LogP contribution in [0.4, 0.5) is 5.69 Å². The van der Waals surface area contributed by atoms with Gasteiger partial charge in [-0.2, -0.15) is 0 Å². The second kappa shape index (κ2) is 10.2. The van der Waals surface area contributed by atoms with Gasteiger partial charge in [-0.1, -0.05) is 60.2 Å². The van der Waals surface area contributed by atoms with Crippen LogP contribution in [0, 0.1) is 0 Å². The van der Waals surface area contributed by atoms with Gasteiger partial charge >= 0.3 is 5.97 Å². The number of hydrogen-bond donors (Lipinski definition) is 1. The lowest BCUT2D eigenvalue weighted by Crippen LogP contribution is -2.25. The van der Waals surface area contributed by atoms with Crippen LogP contribution >= 0.6 is 11.6 Å². The number of hydrogen-bond acceptors (Lipinski definition) is 4. The predicted octanol–water partition coefficient (Wildman–Crippen LogP) is 4.70. The van der Waals surface area contributed by atoms with Crippen molar-refractivity contribution in [1.29, 1.82) is 0 Å². The molecule has 0 fully saturated rings. The van der Waals surface area contributed by atoms with Crippen LogP contribution in [0.3, 0.4) is 0 Å². The first-order valence-corrected chi connectivity index (χ1v) is 8.62. The Labute approximate surface area is 163 Å². The van der Waals surface area contributed by atoms with Gasteiger partial charge in [-0.15, -0.1) is 0 Å². The molecule has 0 aliphatic heterocycles. The van der Waals surface area contributed by atoms with E-state index in [1.807, 2.05) is 13.0 Å². The van der Waals surface area contributed by atoms with Crippen LogP contribution in [0.2, 0.25) is 5.02 Å². The Hall–Kier alpha value is -3.05. The summed E-state index contributed by atoms with van der Waals surface area (Å²) in [6, 6.07) is 13.6. The third kappa shape index (κ3) is 6.01. The number of esters is 1. The van der Waals surface area contributed by atoms with Gasteiger partial charge in [0.05, 0.1) is 12.1 Å². The molecule has 0 bridgehead atoms. The molecule has 140 valence electrons. The Bertz CT molecular complexity index is 847. The van der Waals surface area contributed by atoms with Crippen molar-refractivity contribution in [2.45, 2.75) is 13.0 Å². The van der Waals surface area contributed by atoms with Crippen molar-refractivity contribution < 1.29 is 19.1 Å². The minimum atomic E-state index is -1.10. The van der Waals surface area contributed by atoms with Gasteiger partial charge < -0.3 is 14.8 Å². The number of carbonyl (C=O) groups excluding carboxylic acids is 2. The van der Waals surface area contributed by atoms with Gasteiger partial charge in [0.25, 0.3) is 5.91 Å². The summed E-state index contributed by atoms with van der Waals surface area (Å²) >= 11 is 6.09. The van der Waals surface area contributed by atoms with Crippen LogP contribution < -0.4 is 10.1 Å². The lowest BCUT2D eigenvalue weighted by Gasteiger charge is -2.17. The number of rotatable bonds is 7. The number of methoxy groups -OCH3 is 1. The molecule has 0 aliphatic rings. The topological polar surface area (TPSA) is 64.6 Å². The van der Waals surface area contributed by atoms with E-state index in [4.69, 9.17) is 21.1 Å². The lowest BCUT2D eigenvalue weighted by molar-refractivity contribution is -0.149. The summed E-state index contributed by atoms with van der Waals surface area (Å²) in [4.78, 5) is 24.8. The monoisotopic (exact) mass is 385 g/mol. The summed E-state index contributed by atoms with van der Waals surface area (Å²) in [5.74, 6) is -0.616. The fourth-order valence-electron chi connectivity index (χ4n) is 2.25. The first kappa shape index (κ1) is 20.3. The fourth-order valence-corrected chi connectivity index (χ4v) is 2.51.